The number of carbonyl (C=O) groups is 2. The van der Waals surface area contributed by atoms with E-state index in [1.165, 1.54) is 12.0 Å². The van der Waals surface area contributed by atoms with Gasteiger partial charge in [0.05, 0.1) is 32.4 Å². The van der Waals surface area contributed by atoms with E-state index in [4.69, 9.17) is 21.1 Å². The first-order valence-electron chi connectivity index (χ1n) is 11.9. The fourth-order valence-electron chi connectivity index (χ4n) is 4.20. The maximum Gasteiger partial charge on any atom is 0.258 e. The van der Waals surface area contributed by atoms with Crippen molar-refractivity contribution in [1.29, 1.82) is 0 Å². The van der Waals surface area contributed by atoms with E-state index in [0.717, 1.165) is 12.0 Å². The minimum atomic E-state index is -0.652. The fourth-order valence-corrected chi connectivity index (χ4v) is 4.48. The molecule has 0 saturated heterocycles. The third-order valence-corrected chi connectivity index (χ3v) is 6.70. The van der Waals surface area contributed by atoms with Crippen LogP contribution in [0.5, 0.6) is 11.5 Å². The third kappa shape index (κ3) is 5.86. The van der Waals surface area contributed by atoms with Crippen molar-refractivity contribution >= 4 is 29.1 Å². The molecule has 1 amide bonds. The zero-order valence-corrected chi connectivity index (χ0v) is 21.7. The van der Waals surface area contributed by atoms with Gasteiger partial charge in [-0.3, -0.25) is 9.59 Å². The van der Waals surface area contributed by atoms with E-state index in [0.29, 0.717) is 30.8 Å². The molecule has 190 valence electrons. The first-order chi connectivity index (χ1) is 16.7. The summed E-state index contributed by atoms with van der Waals surface area (Å²) in [6.45, 7) is 6.27. The molecule has 0 spiro atoms. The van der Waals surface area contributed by atoms with Crippen LogP contribution in [0.1, 0.15) is 67.9 Å². The van der Waals surface area contributed by atoms with Crippen molar-refractivity contribution in [3.05, 3.63) is 45.9 Å². The molecule has 0 aliphatic carbocycles. The largest absolute Gasteiger partial charge is 0.497 e. The Bertz CT molecular complexity index is 1090. The number of nitrogens with zero attached hydrogens (tertiary/aromatic N) is 2. The standard InChI is InChI=1S/C26H33ClFN3O4/c1-6-8-20(32)19(11-15(3)7-2)29-25-23(28)18-14-31(26(33)22(18)24(27)30-25)13-16-9-10-17(34-4)12-21(16)35-5/h9-10,12,15,19H,6-8,11,13-14H2,1-5H3,(H,29,30)/t15?,19-/m1/s1. The van der Waals surface area contributed by atoms with Gasteiger partial charge in [-0.1, -0.05) is 38.8 Å². The molecule has 0 bridgehead atoms. The number of hydrogen-bond acceptors (Lipinski definition) is 6. The molecule has 2 heterocycles. The van der Waals surface area contributed by atoms with Crippen molar-refractivity contribution in [2.24, 2.45) is 5.92 Å². The number of anilines is 1. The number of ketones is 1. The number of rotatable bonds is 12. The maximum absolute atomic E-state index is 15.6. The molecule has 0 fully saturated rings. The predicted molar refractivity (Wildman–Crippen MR) is 134 cm³/mol. The molecule has 1 aliphatic rings. The predicted octanol–water partition coefficient (Wildman–Crippen LogP) is 5.63. The highest BCUT2D eigenvalue weighted by atomic mass is 35.5. The number of nitrogens with one attached hydrogen (secondary N) is 1. The molecular weight excluding hydrogens is 473 g/mol. The van der Waals surface area contributed by atoms with Gasteiger partial charge in [0.25, 0.3) is 5.91 Å². The number of carbonyl (C=O) groups excluding carboxylic acids is 2. The summed E-state index contributed by atoms with van der Waals surface area (Å²) in [5.41, 5.74) is 0.979. The average molecular weight is 506 g/mol. The molecule has 1 aromatic heterocycles. The lowest BCUT2D eigenvalue weighted by Crippen LogP contribution is -2.32. The van der Waals surface area contributed by atoms with E-state index in [2.05, 4.69) is 24.1 Å². The highest BCUT2D eigenvalue weighted by Crippen LogP contribution is 2.36. The summed E-state index contributed by atoms with van der Waals surface area (Å²) in [7, 11) is 3.09. The van der Waals surface area contributed by atoms with Gasteiger partial charge in [-0.2, -0.15) is 0 Å². The normalized spacial score (nSPS) is 14.5. The highest BCUT2D eigenvalue weighted by molar-refractivity contribution is 6.33. The van der Waals surface area contributed by atoms with Gasteiger partial charge in [0.1, 0.15) is 16.7 Å². The molecule has 2 atom stereocenters. The number of Topliss-reactive ketones (excluding diaryl/α,β-unsaturated/α-hetero) is 1. The highest BCUT2D eigenvalue weighted by Gasteiger charge is 2.36. The van der Waals surface area contributed by atoms with E-state index in [1.807, 2.05) is 6.92 Å². The molecule has 0 saturated carbocycles. The van der Waals surface area contributed by atoms with Crippen LogP contribution in [-0.4, -0.2) is 41.8 Å². The van der Waals surface area contributed by atoms with Crippen molar-refractivity contribution in [2.75, 3.05) is 19.5 Å². The van der Waals surface area contributed by atoms with Gasteiger partial charge in [0.15, 0.2) is 17.4 Å². The quantitative estimate of drug-likeness (QED) is 0.376. The molecule has 1 aliphatic heterocycles. The van der Waals surface area contributed by atoms with Gasteiger partial charge < -0.3 is 19.7 Å². The number of ether oxygens (including phenoxy) is 2. The van der Waals surface area contributed by atoms with Gasteiger partial charge in [0.2, 0.25) is 0 Å². The first-order valence-corrected chi connectivity index (χ1v) is 12.3. The smallest absolute Gasteiger partial charge is 0.258 e. The maximum atomic E-state index is 15.6. The molecule has 3 rings (SSSR count). The van der Waals surface area contributed by atoms with Crippen LogP contribution in [0.4, 0.5) is 10.2 Å². The number of hydrogen-bond donors (Lipinski definition) is 1. The van der Waals surface area contributed by atoms with Crippen molar-refractivity contribution in [3.8, 4) is 11.5 Å². The Labute approximate surface area is 211 Å². The van der Waals surface area contributed by atoms with Crippen LogP contribution in [0.25, 0.3) is 0 Å². The van der Waals surface area contributed by atoms with Crippen LogP contribution in [-0.2, 0) is 17.9 Å². The van der Waals surface area contributed by atoms with Crippen LogP contribution < -0.4 is 14.8 Å². The summed E-state index contributed by atoms with van der Waals surface area (Å²) < 4.78 is 26.3. The summed E-state index contributed by atoms with van der Waals surface area (Å²) in [5.74, 6) is 0.318. The van der Waals surface area contributed by atoms with E-state index < -0.39 is 17.8 Å². The first kappa shape index (κ1) is 26.7. The minimum absolute atomic E-state index is 0.00919. The second-order valence-electron chi connectivity index (χ2n) is 8.92. The molecule has 1 N–H and O–H groups in total. The molecule has 35 heavy (non-hydrogen) atoms. The van der Waals surface area contributed by atoms with E-state index in [9.17, 15) is 9.59 Å². The second kappa shape index (κ2) is 11.7. The van der Waals surface area contributed by atoms with Crippen LogP contribution in [0, 0.1) is 11.7 Å². The zero-order valence-electron chi connectivity index (χ0n) is 20.9. The van der Waals surface area contributed by atoms with Crippen molar-refractivity contribution in [3.63, 3.8) is 0 Å². The van der Waals surface area contributed by atoms with E-state index in [1.54, 1.807) is 25.3 Å². The number of amides is 1. The van der Waals surface area contributed by atoms with Crippen LogP contribution >= 0.6 is 11.6 Å². The number of benzene rings is 1. The van der Waals surface area contributed by atoms with Crippen molar-refractivity contribution < 1.29 is 23.5 Å². The van der Waals surface area contributed by atoms with Gasteiger partial charge in [-0.05, 0) is 30.9 Å². The Morgan fingerprint density at radius 2 is 2.03 bits per heavy atom. The van der Waals surface area contributed by atoms with Gasteiger partial charge >= 0.3 is 0 Å². The summed E-state index contributed by atoms with van der Waals surface area (Å²) in [6, 6.07) is 4.73. The number of fused-ring (bicyclic) bond motifs is 1. The summed E-state index contributed by atoms with van der Waals surface area (Å²) in [6.07, 6.45) is 2.56. The van der Waals surface area contributed by atoms with E-state index in [-0.39, 0.29) is 46.9 Å². The topological polar surface area (TPSA) is 80.8 Å². The van der Waals surface area contributed by atoms with Crippen molar-refractivity contribution in [1.82, 2.24) is 9.88 Å². The van der Waals surface area contributed by atoms with Gasteiger partial charge in [0, 0.05) is 30.2 Å². The van der Waals surface area contributed by atoms with Crippen LogP contribution in [0.15, 0.2) is 18.2 Å². The molecule has 7 nitrogen and oxygen atoms in total. The third-order valence-electron chi connectivity index (χ3n) is 6.43. The number of methoxy groups -OCH3 is 2. The molecule has 9 heteroatoms. The number of halogens is 2. The molecule has 2 aromatic rings. The Morgan fingerprint density at radius 3 is 2.66 bits per heavy atom. The van der Waals surface area contributed by atoms with Crippen LogP contribution in [0.3, 0.4) is 0 Å². The lowest BCUT2D eigenvalue weighted by atomic mass is 9.95. The lowest BCUT2D eigenvalue weighted by molar-refractivity contribution is -0.120. The SMILES string of the molecule is CCCC(=O)[C@@H](CC(C)CC)Nc1nc(Cl)c2c(c1F)CN(Cc1ccc(OC)cc1OC)C2=O. The molecule has 0 radical (unpaired) electrons. The molecular formula is C26H33ClFN3O4. The Morgan fingerprint density at radius 1 is 1.29 bits per heavy atom. The van der Waals surface area contributed by atoms with Crippen molar-refractivity contribution in [2.45, 2.75) is 65.6 Å². The molecule has 1 aromatic carbocycles. The monoisotopic (exact) mass is 505 g/mol. The zero-order chi connectivity index (χ0) is 25.7. The number of aromatic nitrogens is 1. The summed E-state index contributed by atoms with van der Waals surface area (Å²) >= 11 is 6.37. The molecule has 1 unspecified atom stereocenters. The lowest BCUT2D eigenvalue weighted by Gasteiger charge is -2.22. The Balaban J connectivity index is 1.88. The van der Waals surface area contributed by atoms with E-state index >= 15 is 4.39 Å². The average Bonchev–Trinajstić information content (AvgIpc) is 3.18. The second-order valence-corrected chi connectivity index (χ2v) is 9.28. The van der Waals surface area contributed by atoms with Crippen LogP contribution in [0.2, 0.25) is 5.15 Å². The Hall–Kier alpha value is -2.87. The summed E-state index contributed by atoms with van der Waals surface area (Å²) in [5, 5.41) is 2.91. The fraction of sp³-hybridized carbons (Fsp3) is 0.500. The number of pyridine rings is 1. The minimum Gasteiger partial charge on any atom is -0.497 e. The van der Waals surface area contributed by atoms with Gasteiger partial charge in [-0.25, -0.2) is 9.37 Å². The van der Waals surface area contributed by atoms with Gasteiger partial charge in [-0.15, -0.1) is 0 Å². The summed E-state index contributed by atoms with van der Waals surface area (Å²) in [4.78, 5) is 31.5. The Kier molecular flexibility index (Phi) is 8.94.